The van der Waals surface area contributed by atoms with E-state index < -0.39 is 15.8 Å². The first-order chi connectivity index (χ1) is 18.8. The number of aromatic nitrogens is 3. The molecule has 4 heterocycles. The van der Waals surface area contributed by atoms with E-state index in [4.69, 9.17) is 4.42 Å². The monoisotopic (exact) mass is 548 g/mol. The highest BCUT2D eigenvalue weighted by atomic mass is 32.2. The van der Waals surface area contributed by atoms with Gasteiger partial charge in [-0.2, -0.15) is 4.31 Å². The van der Waals surface area contributed by atoms with E-state index in [1.807, 2.05) is 18.2 Å². The number of anilines is 1. The van der Waals surface area contributed by atoms with Crippen molar-refractivity contribution in [2.24, 2.45) is 0 Å². The fourth-order valence-electron chi connectivity index (χ4n) is 4.78. The number of halogens is 1. The second kappa shape index (κ2) is 9.95. The number of likely N-dealkylation sites (N-methyl/N-ethyl adjacent to an activating group) is 1. The molecule has 0 saturated carbocycles. The van der Waals surface area contributed by atoms with E-state index in [9.17, 15) is 17.6 Å². The van der Waals surface area contributed by atoms with Gasteiger partial charge >= 0.3 is 0 Å². The molecule has 2 aromatic carbocycles. The molecule has 1 saturated heterocycles. The fraction of sp³-hybridized carbons (Fsp3) is 0.259. The molecule has 2 aromatic heterocycles. The second-order valence-electron chi connectivity index (χ2n) is 9.59. The Morgan fingerprint density at radius 2 is 1.85 bits per heavy atom. The maximum absolute atomic E-state index is 14.7. The van der Waals surface area contributed by atoms with Gasteiger partial charge < -0.3 is 14.2 Å². The summed E-state index contributed by atoms with van der Waals surface area (Å²) in [6.07, 6.45) is 4.18. The van der Waals surface area contributed by atoms with E-state index in [0.29, 0.717) is 16.8 Å². The first-order valence-electron chi connectivity index (χ1n) is 12.4. The van der Waals surface area contributed by atoms with Gasteiger partial charge in [0.1, 0.15) is 12.1 Å². The highest BCUT2D eigenvalue weighted by Crippen LogP contribution is 2.30. The van der Waals surface area contributed by atoms with Crippen molar-refractivity contribution in [1.29, 1.82) is 0 Å². The van der Waals surface area contributed by atoms with Gasteiger partial charge in [0.2, 0.25) is 27.5 Å². The topological polar surface area (TPSA) is 113 Å². The highest BCUT2D eigenvalue weighted by Gasteiger charge is 2.33. The van der Waals surface area contributed by atoms with Crippen LogP contribution in [0.1, 0.15) is 27.4 Å². The van der Waals surface area contributed by atoms with Gasteiger partial charge in [-0.05, 0) is 37.4 Å². The summed E-state index contributed by atoms with van der Waals surface area (Å²) in [6, 6.07) is 11.0. The summed E-state index contributed by atoms with van der Waals surface area (Å²) in [5.41, 5.74) is 2.54. The van der Waals surface area contributed by atoms with Gasteiger partial charge in [-0.3, -0.25) is 4.79 Å². The number of rotatable bonds is 6. The summed E-state index contributed by atoms with van der Waals surface area (Å²) < 4.78 is 47.6. The van der Waals surface area contributed by atoms with Crippen molar-refractivity contribution >= 4 is 21.5 Å². The van der Waals surface area contributed by atoms with Gasteiger partial charge in [0.05, 0.1) is 28.9 Å². The van der Waals surface area contributed by atoms with Crippen LogP contribution in [0.25, 0.3) is 11.5 Å². The molecule has 200 valence electrons. The van der Waals surface area contributed by atoms with Crippen LogP contribution in [-0.4, -0.2) is 71.6 Å². The lowest BCUT2D eigenvalue weighted by molar-refractivity contribution is 0.102. The SMILES string of the molecule is CN1CCN(c2cccc(C(=O)c3ncc4c(n3)CN(S(=O)(=O)c3ccc(-c5ncco5)c(F)c3)C4)c2)CC1. The zero-order valence-corrected chi connectivity index (χ0v) is 21.9. The molecule has 6 rings (SSSR count). The Kier molecular flexibility index (Phi) is 6.45. The van der Waals surface area contributed by atoms with E-state index in [1.54, 1.807) is 6.07 Å². The molecule has 0 radical (unpaired) electrons. The number of nitrogens with zero attached hydrogens (tertiary/aromatic N) is 6. The summed E-state index contributed by atoms with van der Waals surface area (Å²) in [7, 11) is -1.95. The summed E-state index contributed by atoms with van der Waals surface area (Å²) in [4.78, 5) is 30.1. The van der Waals surface area contributed by atoms with Crippen LogP contribution in [0.2, 0.25) is 0 Å². The lowest BCUT2D eigenvalue weighted by atomic mass is 10.1. The van der Waals surface area contributed by atoms with E-state index in [-0.39, 0.29) is 41.0 Å². The molecule has 10 nitrogen and oxygen atoms in total. The van der Waals surface area contributed by atoms with Crippen molar-refractivity contribution in [3.63, 3.8) is 0 Å². The normalized spacial score (nSPS) is 16.4. The minimum Gasteiger partial charge on any atom is -0.444 e. The lowest BCUT2D eigenvalue weighted by Crippen LogP contribution is -2.44. The Hall–Kier alpha value is -4.00. The van der Waals surface area contributed by atoms with Crippen LogP contribution in [0.5, 0.6) is 0 Å². The quantitative estimate of drug-likeness (QED) is 0.336. The number of carbonyl (C=O) groups excluding carboxylic acids is 1. The van der Waals surface area contributed by atoms with E-state index >= 15 is 0 Å². The number of ketones is 1. The second-order valence-corrected chi connectivity index (χ2v) is 11.5. The summed E-state index contributed by atoms with van der Waals surface area (Å²) >= 11 is 0. The molecular weight excluding hydrogens is 523 g/mol. The Balaban J connectivity index is 1.20. The van der Waals surface area contributed by atoms with Crippen LogP contribution in [0, 0.1) is 5.82 Å². The first kappa shape index (κ1) is 25.3. The third-order valence-electron chi connectivity index (χ3n) is 7.05. The number of piperazine rings is 1. The summed E-state index contributed by atoms with van der Waals surface area (Å²) in [5.74, 6) is -1.03. The van der Waals surface area contributed by atoms with Crippen molar-refractivity contribution in [2.75, 3.05) is 38.1 Å². The van der Waals surface area contributed by atoms with Gasteiger partial charge in [0.15, 0.2) is 0 Å². The van der Waals surface area contributed by atoms with Crippen LogP contribution in [0.4, 0.5) is 10.1 Å². The standard InChI is InChI=1S/C27H25FN6O4S/c1-32-8-10-33(11-9-32)20-4-2-3-18(13-20)25(35)26-30-15-19-16-34(17-24(19)31-26)39(36,37)21-5-6-22(23(28)14-21)27-29-7-12-38-27/h2-7,12-15H,8-11,16-17H2,1H3. The molecule has 12 heteroatoms. The number of hydrogen-bond donors (Lipinski definition) is 0. The van der Waals surface area contributed by atoms with E-state index in [2.05, 4.69) is 31.8 Å². The zero-order valence-electron chi connectivity index (χ0n) is 21.1. The van der Waals surface area contributed by atoms with Gasteiger partial charge in [0, 0.05) is 55.7 Å². The molecule has 2 aliphatic heterocycles. The van der Waals surface area contributed by atoms with Crippen molar-refractivity contribution in [3.05, 3.63) is 89.6 Å². The van der Waals surface area contributed by atoms with Crippen LogP contribution in [0.15, 0.2) is 70.4 Å². The van der Waals surface area contributed by atoms with Gasteiger partial charge in [0.25, 0.3) is 0 Å². The smallest absolute Gasteiger partial charge is 0.243 e. The van der Waals surface area contributed by atoms with Gasteiger partial charge in [-0.1, -0.05) is 12.1 Å². The van der Waals surface area contributed by atoms with Crippen LogP contribution in [0.3, 0.4) is 0 Å². The molecule has 0 bridgehead atoms. The molecule has 0 unspecified atom stereocenters. The molecular formula is C27H25FN6O4S. The predicted molar refractivity (Wildman–Crippen MR) is 140 cm³/mol. The molecule has 4 aromatic rings. The molecule has 1 fully saturated rings. The maximum Gasteiger partial charge on any atom is 0.243 e. The average Bonchev–Trinajstić information content (AvgIpc) is 3.63. The van der Waals surface area contributed by atoms with Crippen LogP contribution >= 0.6 is 0 Å². The first-order valence-corrected chi connectivity index (χ1v) is 13.9. The molecule has 0 amide bonds. The van der Waals surface area contributed by atoms with Crippen molar-refractivity contribution < 1.29 is 22.0 Å². The Morgan fingerprint density at radius 1 is 1.03 bits per heavy atom. The van der Waals surface area contributed by atoms with Crippen molar-refractivity contribution in [2.45, 2.75) is 18.0 Å². The zero-order chi connectivity index (χ0) is 27.1. The molecule has 0 atom stereocenters. The highest BCUT2D eigenvalue weighted by molar-refractivity contribution is 7.89. The molecule has 0 N–H and O–H groups in total. The minimum atomic E-state index is -4.04. The van der Waals surface area contributed by atoms with Crippen LogP contribution in [-0.2, 0) is 23.1 Å². The average molecular weight is 549 g/mol. The van der Waals surface area contributed by atoms with Crippen molar-refractivity contribution in [3.8, 4) is 11.5 Å². The number of sulfonamides is 1. The summed E-state index contributed by atoms with van der Waals surface area (Å²) in [5, 5.41) is 0. The fourth-order valence-corrected chi connectivity index (χ4v) is 6.17. The van der Waals surface area contributed by atoms with Crippen LogP contribution < -0.4 is 4.90 Å². The molecule has 2 aliphatic rings. The Bertz CT molecular complexity index is 1650. The lowest BCUT2D eigenvalue weighted by Gasteiger charge is -2.34. The summed E-state index contributed by atoms with van der Waals surface area (Å²) in [6.45, 7) is 3.62. The Morgan fingerprint density at radius 3 is 2.59 bits per heavy atom. The van der Waals surface area contributed by atoms with Gasteiger partial charge in [-0.15, -0.1) is 0 Å². The number of hydrogen-bond acceptors (Lipinski definition) is 9. The number of benzene rings is 2. The maximum atomic E-state index is 14.7. The number of oxazole rings is 1. The number of carbonyl (C=O) groups is 1. The minimum absolute atomic E-state index is 0.00451. The number of fused-ring (bicyclic) bond motifs is 1. The largest absolute Gasteiger partial charge is 0.444 e. The Labute approximate surface area is 224 Å². The predicted octanol–water partition coefficient (Wildman–Crippen LogP) is 2.96. The molecule has 39 heavy (non-hydrogen) atoms. The molecule has 0 aliphatic carbocycles. The van der Waals surface area contributed by atoms with E-state index in [1.165, 1.54) is 35.1 Å². The third-order valence-corrected chi connectivity index (χ3v) is 8.84. The van der Waals surface area contributed by atoms with Crippen molar-refractivity contribution in [1.82, 2.24) is 24.2 Å². The van der Waals surface area contributed by atoms with Gasteiger partial charge in [-0.25, -0.2) is 27.8 Å². The third kappa shape index (κ3) is 4.82. The molecule has 0 spiro atoms. The van der Waals surface area contributed by atoms with E-state index in [0.717, 1.165) is 37.9 Å².